The highest BCUT2D eigenvalue weighted by Crippen LogP contribution is 2.14. The average Bonchev–Trinajstić information content (AvgIpc) is 2.94. The molecule has 0 aliphatic carbocycles. The molecule has 4 nitrogen and oxygen atoms in total. The van der Waals surface area contributed by atoms with E-state index in [0.717, 1.165) is 32.1 Å². The number of aliphatic hydroxyl groups is 2. The summed E-state index contributed by atoms with van der Waals surface area (Å²) in [5.41, 5.74) is 0. The van der Waals surface area contributed by atoms with Crippen LogP contribution in [0.25, 0.3) is 0 Å². The number of amides is 1. The lowest BCUT2D eigenvalue weighted by Crippen LogP contribution is -2.45. The van der Waals surface area contributed by atoms with E-state index < -0.39 is 12.1 Å². The summed E-state index contributed by atoms with van der Waals surface area (Å²) in [5, 5.41) is 22.9. The summed E-state index contributed by atoms with van der Waals surface area (Å²) in [7, 11) is 0. The van der Waals surface area contributed by atoms with Crippen molar-refractivity contribution >= 4 is 5.91 Å². The second kappa shape index (κ2) is 31.7. The number of nitrogens with one attached hydrogen (secondary N) is 1. The fourth-order valence-corrected chi connectivity index (χ4v) is 5.29. The first-order chi connectivity index (χ1) is 19.2. The first-order valence-electron chi connectivity index (χ1n) is 17.4. The van der Waals surface area contributed by atoms with Crippen LogP contribution in [0.2, 0.25) is 0 Å². The predicted molar refractivity (Wildman–Crippen MR) is 170 cm³/mol. The second-order valence-corrected chi connectivity index (χ2v) is 11.9. The van der Waals surface area contributed by atoms with E-state index in [1.165, 1.54) is 128 Å². The minimum Gasteiger partial charge on any atom is -0.394 e. The van der Waals surface area contributed by atoms with Crippen molar-refractivity contribution < 1.29 is 15.0 Å². The molecular weight excluding hydrogens is 482 g/mol. The average molecular weight is 552 g/mol. The molecule has 0 bridgehead atoms. The highest BCUT2D eigenvalue weighted by atomic mass is 16.3. The number of rotatable bonds is 31. The van der Waals surface area contributed by atoms with E-state index in [1.807, 2.05) is 0 Å². The van der Waals surface area contributed by atoms with Crippen LogP contribution in [0.1, 0.15) is 187 Å². The summed E-state index contributed by atoms with van der Waals surface area (Å²) >= 11 is 0. The molecule has 1 amide bonds. The Hall–Kier alpha value is -0.870. The van der Waals surface area contributed by atoms with Crippen LogP contribution in [0, 0.1) is 0 Å². The Balaban J connectivity index is 3.60. The zero-order valence-corrected chi connectivity index (χ0v) is 26.4. The Labute approximate surface area is 244 Å². The van der Waals surface area contributed by atoms with Crippen LogP contribution in [-0.2, 0) is 4.79 Å². The van der Waals surface area contributed by atoms with Gasteiger partial charge in [-0.15, -0.1) is 0 Å². The Morgan fingerprint density at radius 1 is 0.590 bits per heavy atom. The highest BCUT2D eigenvalue weighted by molar-refractivity contribution is 5.76. The van der Waals surface area contributed by atoms with Gasteiger partial charge in [0.25, 0.3) is 0 Å². The summed E-state index contributed by atoms with van der Waals surface area (Å²) in [5.74, 6) is -0.0427. The number of allylic oxidation sites excluding steroid dienone is 2. The number of hydrogen-bond donors (Lipinski definition) is 3. The summed E-state index contributed by atoms with van der Waals surface area (Å²) in [6, 6.07) is -0.544. The molecule has 0 heterocycles. The van der Waals surface area contributed by atoms with Gasteiger partial charge in [-0.1, -0.05) is 154 Å². The molecule has 39 heavy (non-hydrogen) atoms. The summed E-state index contributed by atoms with van der Waals surface area (Å²) in [6.07, 6.45) is 36.9. The lowest BCUT2D eigenvalue weighted by molar-refractivity contribution is -0.123. The Kier molecular flexibility index (Phi) is 30.9. The Bertz CT molecular complexity index is 522. The third-order valence-corrected chi connectivity index (χ3v) is 8.03. The molecule has 0 aromatic heterocycles. The maximum absolute atomic E-state index is 12.3. The summed E-state index contributed by atoms with van der Waals surface area (Å²) < 4.78 is 0. The normalized spacial score (nSPS) is 13.2. The maximum Gasteiger partial charge on any atom is 0.220 e. The lowest BCUT2D eigenvalue weighted by Gasteiger charge is -2.22. The van der Waals surface area contributed by atoms with Gasteiger partial charge in [-0.2, -0.15) is 0 Å². The van der Waals surface area contributed by atoms with Crippen molar-refractivity contribution in [2.45, 2.75) is 199 Å². The quantitative estimate of drug-likeness (QED) is 0.0593. The van der Waals surface area contributed by atoms with E-state index >= 15 is 0 Å². The van der Waals surface area contributed by atoms with Crippen LogP contribution in [0.5, 0.6) is 0 Å². The van der Waals surface area contributed by atoms with Crippen molar-refractivity contribution in [1.82, 2.24) is 5.32 Å². The molecule has 0 saturated heterocycles. The van der Waals surface area contributed by atoms with E-state index in [1.54, 1.807) is 0 Å². The van der Waals surface area contributed by atoms with E-state index in [4.69, 9.17) is 0 Å². The molecule has 0 aromatic rings. The number of aliphatic hydroxyl groups excluding tert-OH is 2. The zero-order valence-electron chi connectivity index (χ0n) is 26.4. The molecular formula is C35H69NO3. The van der Waals surface area contributed by atoms with Gasteiger partial charge < -0.3 is 15.5 Å². The fraction of sp³-hybridized carbons (Fsp3) is 0.914. The van der Waals surface area contributed by atoms with Gasteiger partial charge in [0.2, 0.25) is 5.91 Å². The van der Waals surface area contributed by atoms with E-state index in [-0.39, 0.29) is 12.5 Å². The van der Waals surface area contributed by atoms with Crippen molar-refractivity contribution in [3.63, 3.8) is 0 Å². The molecule has 0 aromatic carbocycles. The van der Waals surface area contributed by atoms with Gasteiger partial charge >= 0.3 is 0 Å². The van der Waals surface area contributed by atoms with Crippen LogP contribution in [0.4, 0.5) is 0 Å². The number of unbranched alkanes of at least 4 members (excludes halogenated alkanes) is 22. The predicted octanol–water partition coefficient (Wildman–Crippen LogP) is 9.95. The first-order valence-corrected chi connectivity index (χ1v) is 17.4. The molecule has 0 aliphatic heterocycles. The molecule has 2 atom stereocenters. The van der Waals surface area contributed by atoms with Gasteiger partial charge in [-0.3, -0.25) is 4.79 Å². The van der Waals surface area contributed by atoms with Gasteiger partial charge in [0, 0.05) is 6.42 Å². The van der Waals surface area contributed by atoms with E-state index in [2.05, 4.69) is 31.3 Å². The van der Waals surface area contributed by atoms with E-state index in [0.29, 0.717) is 12.8 Å². The standard InChI is InChI=1S/C35H69NO3/c1-3-5-7-9-11-13-15-16-17-18-19-21-22-24-26-28-30-34(38)33(32-37)36-35(39)31-29-27-25-23-20-14-12-10-8-6-4-2/h21-22,33-34,37-38H,3-20,23-32H2,1-2H3,(H,36,39)/b22-21+/t33-,34+/m0/s1. The number of carbonyl (C=O) groups is 1. The molecule has 0 aliphatic rings. The van der Waals surface area contributed by atoms with Gasteiger partial charge in [0.15, 0.2) is 0 Å². The molecule has 0 spiro atoms. The van der Waals surface area contributed by atoms with Crippen LogP contribution in [-0.4, -0.2) is 34.9 Å². The van der Waals surface area contributed by atoms with Crippen LogP contribution in [0.15, 0.2) is 12.2 Å². The van der Waals surface area contributed by atoms with Gasteiger partial charge in [-0.25, -0.2) is 0 Å². The Morgan fingerprint density at radius 2 is 0.974 bits per heavy atom. The zero-order chi connectivity index (χ0) is 28.7. The molecule has 0 rings (SSSR count). The Morgan fingerprint density at radius 3 is 1.41 bits per heavy atom. The van der Waals surface area contributed by atoms with Crippen molar-refractivity contribution in [2.75, 3.05) is 6.61 Å². The smallest absolute Gasteiger partial charge is 0.220 e. The third kappa shape index (κ3) is 28.5. The van der Waals surface area contributed by atoms with Crippen molar-refractivity contribution in [1.29, 1.82) is 0 Å². The minimum atomic E-state index is -0.674. The van der Waals surface area contributed by atoms with Gasteiger partial charge in [-0.05, 0) is 38.5 Å². The first kappa shape index (κ1) is 38.1. The van der Waals surface area contributed by atoms with Gasteiger partial charge in [0.1, 0.15) is 0 Å². The highest BCUT2D eigenvalue weighted by Gasteiger charge is 2.19. The molecule has 3 N–H and O–H groups in total. The second-order valence-electron chi connectivity index (χ2n) is 11.9. The molecule has 0 saturated carbocycles. The molecule has 0 unspecified atom stereocenters. The largest absolute Gasteiger partial charge is 0.394 e. The number of hydrogen-bond acceptors (Lipinski definition) is 3. The SMILES string of the molecule is CCCCCCCCCCCC/C=C/CCCC[C@@H](O)[C@H](CO)NC(=O)CCCCCCCCCCCCC. The third-order valence-electron chi connectivity index (χ3n) is 8.03. The number of carbonyl (C=O) groups excluding carboxylic acids is 1. The van der Waals surface area contributed by atoms with Crippen molar-refractivity contribution in [3.05, 3.63) is 12.2 Å². The van der Waals surface area contributed by atoms with Crippen molar-refractivity contribution in [2.24, 2.45) is 0 Å². The fourth-order valence-electron chi connectivity index (χ4n) is 5.29. The van der Waals surface area contributed by atoms with E-state index in [9.17, 15) is 15.0 Å². The molecule has 0 fully saturated rings. The van der Waals surface area contributed by atoms with Crippen LogP contribution >= 0.6 is 0 Å². The summed E-state index contributed by atoms with van der Waals surface area (Å²) in [6.45, 7) is 4.33. The topological polar surface area (TPSA) is 69.6 Å². The maximum atomic E-state index is 12.3. The lowest BCUT2D eigenvalue weighted by atomic mass is 10.0. The van der Waals surface area contributed by atoms with Crippen LogP contribution in [0.3, 0.4) is 0 Å². The van der Waals surface area contributed by atoms with Crippen LogP contribution < -0.4 is 5.32 Å². The summed E-state index contributed by atoms with van der Waals surface area (Å²) in [4.78, 5) is 12.3. The molecule has 232 valence electrons. The minimum absolute atomic E-state index is 0.0427. The van der Waals surface area contributed by atoms with Crippen molar-refractivity contribution in [3.8, 4) is 0 Å². The monoisotopic (exact) mass is 552 g/mol. The molecule has 0 radical (unpaired) electrons. The molecule has 4 heteroatoms. The van der Waals surface area contributed by atoms with Gasteiger partial charge in [0.05, 0.1) is 18.8 Å².